The minimum Gasteiger partial charge on any atom is -0.351 e. The van der Waals surface area contributed by atoms with Gasteiger partial charge in [0.1, 0.15) is 5.65 Å². The Labute approximate surface area is 141 Å². The molecule has 3 rings (SSSR count). The summed E-state index contributed by atoms with van der Waals surface area (Å²) in [5.41, 5.74) is 3.18. The molecule has 124 valence electrons. The van der Waals surface area contributed by atoms with E-state index in [1.165, 1.54) is 5.56 Å². The number of aryl methyl sites for hydroxylation is 1. The maximum absolute atomic E-state index is 12.1. The van der Waals surface area contributed by atoms with Gasteiger partial charge in [-0.25, -0.2) is 4.98 Å². The molecular formula is C17H24N4OS. The van der Waals surface area contributed by atoms with Gasteiger partial charge in [-0.2, -0.15) is 0 Å². The zero-order valence-corrected chi connectivity index (χ0v) is 14.5. The SMILES string of the molecule is Cc1ccc2nc(CSCC(=O)NC3CCCNC3C)cn2c1. The summed E-state index contributed by atoms with van der Waals surface area (Å²) in [4.78, 5) is 16.7. The number of aromatic nitrogens is 2. The molecular weight excluding hydrogens is 308 g/mol. The first-order valence-corrected chi connectivity index (χ1v) is 9.32. The van der Waals surface area contributed by atoms with Crippen molar-refractivity contribution < 1.29 is 4.79 Å². The van der Waals surface area contributed by atoms with E-state index in [4.69, 9.17) is 0 Å². The van der Waals surface area contributed by atoms with Crippen LogP contribution in [-0.2, 0) is 10.5 Å². The van der Waals surface area contributed by atoms with E-state index >= 15 is 0 Å². The van der Waals surface area contributed by atoms with Crippen molar-refractivity contribution in [3.8, 4) is 0 Å². The Morgan fingerprint density at radius 3 is 3.17 bits per heavy atom. The molecule has 2 aromatic rings. The van der Waals surface area contributed by atoms with Gasteiger partial charge >= 0.3 is 0 Å². The van der Waals surface area contributed by atoms with E-state index in [0.29, 0.717) is 11.8 Å². The van der Waals surface area contributed by atoms with Gasteiger partial charge in [0.05, 0.1) is 11.4 Å². The minimum atomic E-state index is 0.121. The van der Waals surface area contributed by atoms with Gasteiger partial charge in [0.15, 0.2) is 0 Å². The summed E-state index contributed by atoms with van der Waals surface area (Å²) >= 11 is 1.62. The maximum Gasteiger partial charge on any atom is 0.230 e. The summed E-state index contributed by atoms with van der Waals surface area (Å²) < 4.78 is 2.04. The molecule has 1 aliphatic heterocycles. The average molecular weight is 332 g/mol. The van der Waals surface area contributed by atoms with Crippen molar-refractivity contribution >= 4 is 23.3 Å². The van der Waals surface area contributed by atoms with E-state index in [0.717, 1.165) is 36.5 Å². The van der Waals surface area contributed by atoms with Crippen LogP contribution in [0.3, 0.4) is 0 Å². The lowest BCUT2D eigenvalue weighted by molar-refractivity contribution is -0.119. The second-order valence-electron chi connectivity index (χ2n) is 6.26. The first kappa shape index (κ1) is 16.3. The maximum atomic E-state index is 12.1. The first-order valence-electron chi connectivity index (χ1n) is 8.16. The molecule has 6 heteroatoms. The van der Waals surface area contributed by atoms with Gasteiger partial charge in [0.2, 0.25) is 5.91 Å². The first-order chi connectivity index (χ1) is 11.1. The monoisotopic (exact) mass is 332 g/mol. The molecule has 5 nitrogen and oxygen atoms in total. The number of amides is 1. The highest BCUT2D eigenvalue weighted by Gasteiger charge is 2.22. The molecule has 2 aromatic heterocycles. The molecule has 1 amide bonds. The number of thioether (sulfide) groups is 1. The smallest absolute Gasteiger partial charge is 0.230 e. The van der Waals surface area contributed by atoms with Crippen LogP contribution in [-0.4, -0.2) is 39.7 Å². The lowest BCUT2D eigenvalue weighted by Crippen LogP contribution is -2.52. The summed E-state index contributed by atoms with van der Waals surface area (Å²) in [5, 5.41) is 6.55. The van der Waals surface area contributed by atoms with Gasteiger partial charge in [-0.3, -0.25) is 4.79 Å². The zero-order chi connectivity index (χ0) is 16.2. The fraction of sp³-hybridized carbons (Fsp3) is 0.529. The Balaban J connectivity index is 1.47. The Morgan fingerprint density at radius 2 is 2.35 bits per heavy atom. The van der Waals surface area contributed by atoms with Crippen LogP contribution in [0.25, 0.3) is 5.65 Å². The molecule has 1 saturated heterocycles. The number of carbonyl (C=O) groups excluding carboxylic acids is 1. The van der Waals surface area contributed by atoms with Crippen molar-refractivity contribution in [2.75, 3.05) is 12.3 Å². The summed E-state index contributed by atoms with van der Waals surface area (Å²) in [5.74, 6) is 1.36. The van der Waals surface area contributed by atoms with Crippen LogP contribution in [0.15, 0.2) is 24.5 Å². The number of piperidine rings is 1. The Kier molecular flexibility index (Phi) is 5.23. The predicted molar refractivity (Wildman–Crippen MR) is 94.7 cm³/mol. The third-order valence-corrected chi connectivity index (χ3v) is 5.21. The molecule has 0 bridgehead atoms. The van der Waals surface area contributed by atoms with Crippen LogP contribution in [0, 0.1) is 6.92 Å². The third kappa shape index (κ3) is 4.26. The molecule has 1 fully saturated rings. The molecule has 23 heavy (non-hydrogen) atoms. The number of rotatable bonds is 5. The topological polar surface area (TPSA) is 58.4 Å². The van der Waals surface area contributed by atoms with Crippen molar-refractivity contribution in [3.63, 3.8) is 0 Å². The van der Waals surface area contributed by atoms with Crippen molar-refractivity contribution in [2.45, 2.75) is 44.5 Å². The molecule has 2 N–H and O–H groups in total. The van der Waals surface area contributed by atoms with Crippen LogP contribution in [0.4, 0.5) is 0 Å². The van der Waals surface area contributed by atoms with Crippen LogP contribution in [0.5, 0.6) is 0 Å². The molecule has 0 aliphatic carbocycles. The van der Waals surface area contributed by atoms with Gasteiger partial charge in [-0.15, -0.1) is 11.8 Å². The van der Waals surface area contributed by atoms with Gasteiger partial charge in [-0.1, -0.05) is 6.07 Å². The molecule has 0 radical (unpaired) electrons. The quantitative estimate of drug-likeness (QED) is 0.881. The normalized spacial score (nSPS) is 21.5. The summed E-state index contributed by atoms with van der Waals surface area (Å²) in [6.07, 6.45) is 6.31. The average Bonchev–Trinajstić information content (AvgIpc) is 2.91. The van der Waals surface area contributed by atoms with E-state index in [2.05, 4.69) is 41.7 Å². The standard InChI is InChI=1S/C17H24N4OS/c1-12-5-6-16-19-14(9-21(16)8-12)10-23-11-17(22)20-15-4-3-7-18-13(15)2/h5-6,8-9,13,15,18H,3-4,7,10-11H2,1-2H3,(H,20,22). The van der Waals surface area contributed by atoms with Crippen LogP contribution in [0.2, 0.25) is 0 Å². The molecule has 0 aromatic carbocycles. The van der Waals surface area contributed by atoms with Crippen LogP contribution in [0.1, 0.15) is 31.0 Å². The van der Waals surface area contributed by atoms with Crippen molar-refractivity contribution in [3.05, 3.63) is 35.8 Å². The van der Waals surface area contributed by atoms with Gasteiger partial charge in [-0.05, 0) is 44.9 Å². The van der Waals surface area contributed by atoms with E-state index in [1.54, 1.807) is 11.8 Å². The Hall–Kier alpha value is -1.53. The number of pyridine rings is 1. The number of imidazole rings is 1. The molecule has 3 heterocycles. The predicted octanol–water partition coefficient (Wildman–Crippen LogP) is 2.13. The molecule has 2 unspecified atom stereocenters. The summed E-state index contributed by atoms with van der Waals surface area (Å²) in [7, 11) is 0. The van der Waals surface area contributed by atoms with Crippen molar-refractivity contribution in [2.24, 2.45) is 0 Å². The highest BCUT2D eigenvalue weighted by atomic mass is 32.2. The zero-order valence-electron chi connectivity index (χ0n) is 13.7. The lowest BCUT2D eigenvalue weighted by atomic mass is 10.00. The van der Waals surface area contributed by atoms with Crippen LogP contribution < -0.4 is 10.6 Å². The number of hydrogen-bond donors (Lipinski definition) is 2. The molecule has 0 saturated carbocycles. The highest BCUT2D eigenvalue weighted by Crippen LogP contribution is 2.14. The molecule has 0 spiro atoms. The Morgan fingerprint density at radius 1 is 1.48 bits per heavy atom. The fourth-order valence-corrected chi connectivity index (χ4v) is 3.68. The van der Waals surface area contributed by atoms with E-state index in [-0.39, 0.29) is 11.9 Å². The van der Waals surface area contributed by atoms with Gasteiger partial charge in [0.25, 0.3) is 0 Å². The number of carbonyl (C=O) groups is 1. The van der Waals surface area contributed by atoms with Crippen molar-refractivity contribution in [1.29, 1.82) is 0 Å². The number of nitrogens with one attached hydrogen (secondary N) is 2. The Bertz CT molecular complexity index is 684. The van der Waals surface area contributed by atoms with Crippen molar-refractivity contribution in [1.82, 2.24) is 20.0 Å². The highest BCUT2D eigenvalue weighted by molar-refractivity contribution is 7.99. The van der Waals surface area contributed by atoms with E-state index in [9.17, 15) is 4.79 Å². The van der Waals surface area contributed by atoms with E-state index in [1.807, 2.05) is 16.7 Å². The summed E-state index contributed by atoms with van der Waals surface area (Å²) in [6, 6.07) is 4.70. The van der Waals surface area contributed by atoms with Crippen LogP contribution >= 0.6 is 11.8 Å². The van der Waals surface area contributed by atoms with Gasteiger partial charge in [0, 0.05) is 30.2 Å². The fourth-order valence-electron chi connectivity index (χ4n) is 2.96. The lowest BCUT2D eigenvalue weighted by Gasteiger charge is -2.30. The molecule has 1 aliphatic rings. The third-order valence-electron chi connectivity index (χ3n) is 4.24. The van der Waals surface area contributed by atoms with E-state index < -0.39 is 0 Å². The number of nitrogens with zero attached hydrogens (tertiary/aromatic N) is 2. The van der Waals surface area contributed by atoms with Gasteiger partial charge < -0.3 is 15.0 Å². The second kappa shape index (κ2) is 7.36. The second-order valence-corrected chi connectivity index (χ2v) is 7.24. The summed E-state index contributed by atoms with van der Waals surface area (Å²) in [6.45, 7) is 5.25. The number of hydrogen-bond acceptors (Lipinski definition) is 4. The largest absolute Gasteiger partial charge is 0.351 e. The number of fused-ring (bicyclic) bond motifs is 1. The molecule has 2 atom stereocenters. The minimum absolute atomic E-state index is 0.121.